The molecule has 1 aliphatic rings. The highest BCUT2D eigenvalue weighted by Gasteiger charge is 2.28. The summed E-state index contributed by atoms with van der Waals surface area (Å²) in [5.41, 5.74) is 4.10. The number of carbonyl (C=O) groups is 1. The number of carbonyl (C=O) groups excluding carboxylic acids is 1. The van der Waals surface area contributed by atoms with E-state index in [-0.39, 0.29) is 12.1 Å². The molecule has 2 N–H and O–H groups in total. The summed E-state index contributed by atoms with van der Waals surface area (Å²) in [6.07, 6.45) is 3.65. The Morgan fingerprint density at radius 2 is 2.08 bits per heavy atom. The molecule has 0 radical (unpaired) electrons. The summed E-state index contributed by atoms with van der Waals surface area (Å²) in [5, 5.41) is 6.30. The Morgan fingerprint density at radius 3 is 2.96 bits per heavy atom. The van der Waals surface area contributed by atoms with Crippen LogP contribution in [0.3, 0.4) is 0 Å². The standard InChI is InChI=1S/C18H15ClN4O/c19-12-4-3-5-13(8-12)22-18(24)21-10-17-15-7-2-1-6-14(15)16-9-20-11-23(16)17/h1-9,11,17H,10H2,(H2,21,22,24). The minimum absolute atomic E-state index is 0.0452. The van der Waals surface area contributed by atoms with Gasteiger partial charge in [0.2, 0.25) is 0 Å². The van der Waals surface area contributed by atoms with Crippen molar-refractivity contribution in [3.05, 3.63) is 71.6 Å². The van der Waals surface area contributed by atoms with Crippen LogP contribution < -0.4 is 10.6 Å². The van der Waals surface area contributed by atoms with Gasteiger partial charge < -0.3 is 15.2 Å². The third-order valence-electron chi connectivity index (χ3n) is 4.14. The predicted molar refractivity (Wildman–Crippen MR) is 94.3 cm³/mol. The summed E-state index contributed by atoms with van der Waals surface area (Å²) in [4.78, 5) is 16.4. The van der Waals surface area contributed by atoms with Crippen molar-refractivity contribution in [2.45, 2.75) is 6.04 Å². The van der Waals surface area contributed by atoms with Crippen molar-refractivity contribution < 1.29 is 4.79 Å². The van der Waals surface area contributed by atoms with Crippen LogP contribution in [0.2, 0.25) is 5.02 Å². The van der Waals surface area contributed by atoms with Gasteiger partial charge in [-0.05, 0) is 23.8 Å². The van der Waals surface area contributed by atoms with E-state index in [9.17, 15) is 4.79 Å². The molecule has 0 saturated carbocycles. The molecule has 6 heteroatoms. The van der Waals surface area contributed by atoms with E-state index in [0.717, 1.165) is 11.3 Å². The Hall–Kier alpha value is -2.79. The SMILES string of the molecule is O=C(NCC1c2ccccc2-c2cncn21)Nc1cccc(Cl)c1. The first-order chi connectivity index (χ1) is 11.7. The number of urea groups is 1. The minimum Gasteiger partial charge on any atom is -0.335 e. The highest BCUT2D eigenvalue weighted by atomic mass is 35.5. The number of aromatic nitrogens is 2. The van der Waals surface area contributed by atoms with Crippen LogP contribution in [-0.4, -0.2) is 22.1 Å². The van der Waals surface area contributed by atoms with Crippen molar-refractivity contribution in [1.82, 2.24) is 14.9 Å². The van der Waals surface area contributed by atoms with E-state index in [2.05, 4.69) is 32.3 Å². The summed E-state index contributed by atoms with van der Waals surface area (Å²) < 4.78 is 2.09. The first-order valence-corrected chi connectivity index (χ1v) is 8.02. The molecule has 0 saturated heterocycles. The van der Waals surface area contributed by atoms with Crippen LogP contribution in [0.1, 0.15) is 11.6 Å². The van der Waals surface area contributed by atoms with Crippen LogP contribution in [0, 0.1) is 0 Å². The van der Waals surface area contributed by atoms with Gasteiger partial charge in [0, 0.05) is 22.8 Å². The molecule has 120 valence electrons. The van der Waals surface area contributed by atoms with Gasteiger partial charge in [-0.1, -0.05) is 41.9 Å². The number of benzene rings is 2. The molecule has 4 rings (SSSR count). The molecule has 1 aliphatic heterocycles. The van der Waals surface area contributed by atoms with Gasteiger partial charge in [-0.25, -0.2) is 9.78 Å². The molecule has 0 fully saturated rings. The molecule has 3 aromatic rings. The maximum Gasteiger partial charge on any atom is 0.319 e. The van der Waals surface area contributed by atoms with E-state index in [4.69, 9.17) is 11.6 Å². The number of nitrogens with one attached hydrogen (secondary N) is 2. The number of fused-ring (bicyclic) bond motifs is 3. The molecule has 5 nitrogen and oxygen atoms in total. The maximum atomic E-state index is 12.2. The lowest BCUT2D eigenvalue weighted by Gasteiger charge is -2.16. The first kappa shape index (κ1) is 14.8. The number of hydrogen-bond acceptors (Lipinski definition) is 2. The quantitative estimate of drug-likeness (QED) is 0.760. The molecule has 1 unspecified atom stereocenters. The second-order valence-corrected chi connectivity index (χ2v) is 6.07. The third-order valence-corrected chi connectivity index (χ3v) is 4.37. The van der Waals surface area contributed by atoms with Gasteiger partial charge in [-0.2, -0.15) is 0 Å². The van der Waals surface area contributed by atoms with Crippen LogP contribution in [0.4, 0.5) is 10.5 Å². The topological polar surface area (TPSA) is 59.0 Å². The molecule has 24 heavy (non-hydrogen) atoms. The van der Waals surface area contributed by atoms with Crippen LogP contribution in [0.5, 0.6) is 0 Å². The zero-order valence-electron chi connectivity index (χ0n) is 12.7. The molecule has 2 amide bonds. The van der Waals surface area contributed by atoms with Gasteiger partial charge in [0.25, 0.3) is 0 Å². The number of halogens is 1. The van der Waals surface area contributed by atoms with E-state index >= 15 is 0 Å². The lowest BCUT2D eigenvalue weighted by Crippen LogP contribution is -2.33. The Balaban J connectivity index is 1.47. The van der Waals surface area contributed by atoms with Crippen molar-refractivity contribution in [2.24, 2.45) is 0 Å². The van der Waals surface area contributed by atoms with E-state index < -0.39 is 0 Å². The summed E-state index contributed by atoms with van der Waals surface area (Å²) in [6, 6.07) is 15.0. The predicted octanol–water partition coefficient (Wildman–Crippen LogP) is 3.93. The fourth-order valence-electron chi connectivity index (χ4n) is 3.07. The monoisotopic (exact) mass is 338 g/mol. The number of rotatable bonds is 3. The van der Waals surface area contributed by atoms with Gasteiger partial charge in [-0.15, -0.1) is 0 Å². The third kappa shape index (κ3) is 2.63. The van der Waals surface area contributed by atoms with Crippen LogP contribution >= 0.6 is 11.6 Å². The highest BCUT2D eigenvalue weighted by molar-refractivity contribution is 6.30. The van der Waals surface area contributed by atoms with E-state index in [1.54, 1.807) is 30.6 Å². The van der Waals surface area contributed by atoms with Crippen molar-refractivity contribution in [2.75, 3.05) is 11.9 Å². The number of nitrogens with zero attached hydrogens (tertiary/aromatic N) is 2. The van der Waals surface area contributed by atoms with Crippen LogP contribution in [0.15, 0.2) is 61.1 Å². The summed E-state index contributed by atoms with van der Waals surface area (Å²) in [7, 11) is 0. The van der Waals surface area contributed by atoms with E-state index in [0.29, 0.717) is 17.3 Å². The number of hydrogen-bond donors (Lipinski definition) is 2. The fraction of sp³-hybridized carbons (Fsp3) is 0.111. The van der Waals surface area contributed by atoms with Crippen LogP contribution in [-0.2, 0) is 0 Å². The highest BCUT2D eigenvalue weighted by Crippen LogP contribution is 2.38. The zero-order chi connectivity index (χ0) is 16.5. The molecule has 2 heterocycles. The molecule has 2 aromatic carbocycles. The van der Waals surface area contributed by atoms with Crippen molar-refractivity contribution in [3.63, 3.8) is 0 Å². The summed E-state index contributed by atoms with van der Waals surface area (Å²) in [6.45, 7) is 0.479. The van der Waals surface area contributed by atoms with Gasteiger partial charge >= 0.3 is 6.03 Å². The van der Waals surface area contributed by atoms with Crippen LogP contribution in [0.25, 0.3) is 11.3 Å². The molecule has 1 atom stereocenters. The zero-order valence-corrected chi connectivity index (χ0v) is 13.5. The number of imidazole rings is 1. The second-order valence-electron chi connectivity index (χ2n) is 5.63. The lowest BCUT2D eigenvalue weighted by molar-refractivity contribution is 0.251. The van der Waals surface area contributed by atoms with Crippen molar-refractivity contribution in [3.8, 4) is 11.3 Å². The smallest absolute Gasteiger partial charge is 0.319 e. The summed E-state index contributed by atoms with van der Waals surface area (Å²) in [5.74, 6) is 0. The Kier molecular flexibility index (Phi) is 3.70. The molecular weight excluding hydrogens is 324 g/mol. The number of amides is 2. The average molecular weight is 339 g/mol. The molecule has 0 aliphatic carbocycles. The second kappa shape index (κ2) is 6.02. The normalized spacial score (nSPS) is 14.8. The van der Waals surface area contributed by atoms with Gasteiger partial charge in [0.15, 0.2) is 0 Å². The van der Waals surface area contributed by atoms with Crippen molar-refractivity contribution in [1.29, 1.82) is 0 Å². The van der Waals surface area contributed by atoms with Gasteiger partial charge in [-0.3, -0.25) is 0 Å². The minimum atomic E-state index is -0.261. The molecule has 0 bridgehead atoms. The molecule has 1 aromatic heterocycles. The molecular formula is C18H15ClN4O. The Morgan fingerprint density at radius 1 is 1.21 bits per heavy atom. The fourth-order valence-corrected chi connectivity index (χ4v) is 3.26. The van der Waals surface area contributed by atoms with E-state index in [1.165, 1.54) is 5.56 Å². The average Bonchev–Trinajstić information content (AvgIpc) is 3.14. The van der Waals surface area contributed by atoms with Gasteiger partial charge in [0.05, 0.1) is 24.3 Å². The number of anilines is 1. The van der Waals surface area contributed by atoms with Crippen molar-refractivity contribution >= 4 is 23.3 Å². The lowest BCUT2D eigenvalue weighted by atomic mass is 10.0. The largest absolute Gasteiger partial charge is 0.335 e. The molecule has 0 spiro atoms. The Labute approximate surface area is 144 Å². The Bertz CT molecular complexity index is 905. The summed E-state index contributed by atoms with van der Waals surface area (Å²) >= 11 is 5.93. The first-order valence-electron chi connectivity index (χ1n) is 7.64. The van der Waals surface area contributed by atoms with E-state index in [1.807, 2.05) is 18.3 Å². The maximum absolute atomic E-state index is 12.2. The van der Waals surface area contributed by atoms with Gasteiger partial charge in [0.1, 0.15) is 0 Å².